The lowest BCUT2D eigenvalue weighted by atomic mass is 9.94. The molecule has 0 aromatic carbocycles. The van der Waals surface area contributed by atoms with Crippen molar-refractivity contribution >= 4 is 11.8 Å². The third-order valence-corrected chi connectivity index (χ3v) is 4.73. The number of amidine groups is 1. The van der Waals surface area contributed by atoms with Gasteiger partial charge < -0.3 is 10.0 Å². The summed E-state index contributed by atoms with van der Waals surface area (Å²) in [6.07, 6.45) is 1.08. The highest BCUT2D eigenvalue weighted by Gasteiger charge is 2.43. The van der Waals surface area contributed by atoms with E-state index < -0.39 is 5.97 Å². The van der Waals surface area contributed by atoms with Crippen LogP contribution >= 0.6 is 0 Å². The molecule has 2 fully saturated rings. The Bertz CT molecular complexity index is 477. The number of hydrogen-bond acceptors (Lipinski definition) is 4. The molecule has 1 N–H and O–H groups in total. The van der Waals surface area contributed by atoms with Crippen LogP contribution in [0.2, 0.25) is 0 Å². The first-order valence-electron chi connectivity index (χ1n) is 6.98. The predicted molar refractivity (Wildman–Crippen MR) is 73.1 cm³/mol. The molecule has 0 aromatic rings. The molecular weight excluding hydrogens is 242 g/mol. The summed E-state index contributed by atoms with van der Waals surface area (Å²) in [6, 6.07) is 0.645. The van der Waals surface area contributed by atoms with Crippen LogP contribution in [0.1, 0.15) is 27.2 Å². The standard InChI is InChI=1S/C14H21N3O2/c1-8-9(2)15-10(3)17-5-4-12(13(8)17)16-6-11(7-16)14(18)19/h9,11-12H,4-7H2,1-3H3,(H,18,19)/t9-,12?/m0/s1. The number of aliphatic carboxylic acids is 1. The zero-order chi connectivity index (χ0) is 13.7. The summed E-state index contributed by atoms with van der Waals surface area (Å²) in [5.41, 5.74) is 2.72. The van der Waals surface area contributed by atoms with Crippen LogP contribution in [0.5, 0.6) is 0 Å². The molecule has 0 radical (unpaired) electrons. The summed E-state index contributed by atoms with van der Waals surface area (Å²) in [5, 5.41) is 8.99. The van der Waals surface area contributed by atoms with Gasteiger partial charge in [0.15, 0.2) is 0 Å². The van der Waals surface area contributed by atoms with E-state index in [0.717, 1.165) is 18.8 Å². The quantitative estimate of drug-likeness (QED) is 0.812. The van der Waals surface area contributed by atoms with E-state index in [2.05, 4.69) is 35.6 Å². The number of rotatable bonds is 2. The van der Waals surface area contributed by atoms with E-state index in [4.69, 9.17) is 5.11 Å². The zero-order valence-corrected chi connectivity index (χ0v) is 11.8. The molecule has 5 nitrogen and oxygen atoms in total. The van der Waals surface area contributed by atoms with E-state index in [1.807, 2.05) is 0 Å². The van der Waals surface area contributed by atoms with E-state index in [1.165, 1.54) is 11.3 Å². The average molecular weight is 263 g/mol. The number of carboxylic acids is 1. The second-order valence-corrected chi connectivity index (χ2v) is 5.87. The van der Waals surface area contributed by atoms with Crippen molar-refractivity contribution in [2.24, 2.45) is 10.9 Å². The fraction of sp³-hybridized carbons (Fsp3) is 0.714. The minimum absolute atomic E-state index is 0.175. The van der Waals surface area contributed by atoms with E-state index >= 15 is 0 Å². The highest BCUT2D eigenvalue weighted by molar-refractivity contribution is 5.84. The normalized spacial score (nSPS) is 32.2. The van der Waals surface area contributed by atoms with E-state index in [-0.39, 0.29) is 12.0 Å². The van der Waals surface area contributed by atoms with Crippen LogP contribution in [0.4, 0.5) is 0 Å². The highest BCUT2D eigenvalue weighted by Crippen LogP contribution is 2.36. The monoisotopic (exact) mass is 263 g/mol. The van der Waals surface area contributed by atoms with Crippen molar-refractivity contribution in [2.75, 3.05) is 19.6 Å². The van der Waals surface area contributed by atoms with Gasteiger partial charge >= 0.3 is 5.97 Å². The van der Waals surface area contributed by atoms with Gasteiger partial charge in [-0.2, -0.15) is 0 Å². The Kier molecular flexibility index (Phi) is 2.89. The largest absolute Gasteiger partial charge is 0.481 e. The number of fused-ring (bicyclic) bond motifs is 1. The summed E-state index contributed by atoms with van der Waals surface area (Å²) in [4.78, 5) is 20.2. The van der Waals surface area contributed by atoms with Gasteiger partial charge in [0.25, 0.3) is 0 Å². The molecule has 3 aliphatic heterocycles. The molecule has 0 amide bonds. The molecule has 2 saturated heterocycles. The Morgan fingerprint density at radius 3 is 2.68 bits per heavy atom. The number of aliphatic imine (C=N–C) groups is 1. The first-order valence-corrected chi connectivity index (χ1v) is 6.98. The molecule has 3 rings (SSSR count). The number of likely N-dealkylation sites (tertiary alicyclic amines) is 1. The Labute approximate surface area is 113 Å². The third kappa shape index (κ3) is 1.87. The topological polar surface area (TPSA) is 56.1 Å². The molecule has 3 heterocycles. The minimum atomic E-state index is -0.661. The summed E-state index contributed by atoms with van der Waals surface area (Å²) in [6.45, 7) is 8.75. The van der Waals surface area contributed by atoms with Crippen LogP contribution in [0.3, 0.4) is 0 Å². The van der Waals surface area contributed by atoms with Gasteiger partial charge in [0.05, 0.1) is 18.0 Å². The van der Waals surface area contributed by atoms with Crippen LogP contribution in [-0.2, 0) is 4.79 Å². The fourth-order valence-electron chi connectivity index (χ4n) is 3.44. The fourth-order valence-corrected chi connectivity index (χ4v) is 3.44. The summed E-state index contributed by atoms with van der Waals surface area (Å²) >= 11 is 0. The summed E-state index contributed by atoms with van der Waals surface area (Å²) < 4.78 is 0. The van der Waals surface area contributed by atoms with Gasteiger partial charge in [-0.15, -0.1) is 0 Å². The minimum Gasteiger partial charge on any atom is -0.481 e. The van der Waals surface area contributed by atoms with Crippen LogP contribution in [0, 0.1) is 5.92 Å². The molecule has 0 saturated carbocycles. The SMILES string of the molecule is CC1=N[C@@H](C)C(C)=C2C(N3CC(C(=O)O)C3)CCN12. The van der Waals surface area contributed by atoms with E-state index in [9.17, 15) is 4.79 Å². The van der Waals surface area contributed by atoms with Crippen molar-refractivity contribution in [2.45, 2.75) is 39.3 Å². The maximum absolute atomic E-state index is 10.9. The number of hydrogen-bond donors (Lipinski definition) is 1. The second kappa shape index (κ2) is 4.34. The molecule has 0 aromatic heterocycles. The van der Waals surface area contributed by atoms with E-state index in [1.54, 1.807) is 0 Å². The average Bonchev–Trinajstić information content (AvgIpc) is 2.68. The molecule has 2 atom stereocenters. The van der Waals surface area contributed by atoms with Crippen molar-refractivity contribution in [3.05, 3.63) is 11.3 Å². The van der Waals surface area contributed by atoms with Gasteiger partial charge in [-0.1, -0.05) is 0 Å². The smallest absolute Gasteiger partial charge is 0.309 e. The summed E-state index contributed by atoms with van der Waals surface area (Å²) in [7, 11) is 0. The lowest BCUT2D eigenvalue weighted by Gasteiger charge is -2.43. The number of carbonyl (C=O) groups is 1. The van der Waals surface area contributed by atoms with Gasteiger partial charge in [-0.25, -0.2) is 0 Å². The van der Waals surface area contributed by atoms with Crippen LogP contribution in [0.25, 0.3) is 0 Å². The lowest BCUT2D eigenvalue weighted by Crippen LogP contribution is -2.55. The van der Waals surface area contributed by atoms with Crippen molar-refractivity contribution in [1.29, 1.82) is 0 Å². The lowest BCUT2D eigenvalue weighted by molar-refractivity contribution is -0.148. The van der Waals surface area contributed by atoms with Crippen LogP contribution in [0.15, 0.2) is 16.3 Å². The molecule has 0 bridgehead atoms. The molecule has 5 heteroatoms. The van der Waals surface area contributed by atoms with Crippen molar-refractivity contribution < 1.29 is 9.90 Å². The van der Waals surface area contributed by atoms with Crippen LogP contribution < -0.4 is 0 Å². The molecule has 0 spiro atoms. The maximum Gasteiger partial charge on any atom is 0.309 e. The first-order chi connectivity index (χ1) is 8.99. The Morgan fingerprint density at radius 2 is 2.05 bits per heavy atom. The van der Waals surface area contributed by atoms with Crippen molar-refractivity contribution in [3.8, 4) is 0 Å². The van der Waals surface area contributed by atoms with Gasteiger partial charge in [0, 0.05) is 25.3 Å². The van der Waals surface area contributed by atoms with Crippen molar-refractivity contribution in [3.63, 3.8) is 0 Å². The van der Waals surface area contributed by atoms with Gasteiger partial charge in [0.1, 0.15) is 5.84 Å². The number of carboxylic acid groups (broad SMARTS) is 1. The summed E-state index contributed by atoms with van der Waals surface area (Å²) in [5.74, 6) is 0.267. The first kappa shape index (κ1) is 12.7. The van der Waals surface area contributed by atoms with Crippen LogP contribution in [-0.4, -0.2) is 58.4 Å². The second-order valence-electron chi connectivity index (χ2n) is 5.87. The Balaban J connectivity index is 1.79. The van der Waals surface area contributed by atoms with Crippen molar-refractivity contribution in [1.82, 2.24) is 9.80 Å². The Hall–Kier alpha value is -1.36. The molecule has 3 aliphatic rings. The molecule has 0 aliphatic carbocycles. The van der Waals surface area contributed by atoms with Gasteiger partial charge in [-0.05, 0) is 32.8 Å². The molecule has 104 valence electrons. The van der Waals surface area contributed by atoms with E-state index in [0.29, 0.717) is 19.1 Å². The predicted octanol–water partition coefficient (Wildman–Crippen LogP) is 1.17. The third-order valence-electron chi connectivity index (χ3n) is 4.73. The van der Waals surface area contributed by atoms with Gasteiger partial charge in [0.2, 0.25) is 0 Å². The molecule has 19 heavy (non-hydrogen) atoms. The molecule has 1 unspecified atom stereocenters. The Morgan fingerprint density at radius 1 is 1.37 bits per heavy atom. The zero-order valence-electron chi connectivity index (χ0n) is 11.8. The highest BCUT2D eigenvalue weighted by atomic mass is 16.4. The molecular formula is C14H21N3O2. The van der Waals surface area contributed by atoms with Gasteiger partial charge in [-0.3, -0.25) is 14.7 Å². The number of nitrogens with zero attached hydrogens (tertiary/aromatic N) is 3. The maximum atomic E-state index is 10.9.